The van der Waals surface area contributed by atoms with Gasteiger partial charge in [0.25, 0.3) is 5.91 Å². The van der Waals surface area contributed by atoms with Crippen LogP contribution in [0.25, 0.3) is 0 Å². The van der Waals surface area contributed by atoms with Gasteiger partial charge in [-0.15, -0.1) is 5.10 Å². The highest BCUT2D eigenvalue weighted by molar-refractivity contribution is 7.80. The second-order valence-corrected chi connectivity index (χ2v) is 6.04. The zero-order valence-electron chi connectivity index (χ0n) is 10.9. The molecule has 1 heterocycles. The van der Waals surface area contributed by atoms with Crippen molar-refractivity contribution in [1.29, 1.82) is 0 Å². The topological polar surface area (TPSA) is 80.9 Å². The number of amides is 1. The third-order valence-electron chi connectivity index (χ3n) is 3.45. The van der Waals surface area contributed by atoms with E-state index in [0.717, 1.165) is 49.3 Å². The first kappa shape index (κ1) is 14.3. The number of carbonyl (C=O) groups excluding carboxylic acids is 1. The molecule has 1 aliphatic carbocycles. The number of nitrogens with zero attached hydrogens (tertiary/aromatic N) is 2. The summed E-state index contributed by atoms with van der Waals surface area (Å²) in [6, 6.07) is 0.0570. The highest BCUT2D eigenvalue weighted by atomic mass is 32.1. The van der Waals surface area contributed by atoms with E-state index < -0.39 is 0 Å². The van der Waals surface area contributed by atoms with Gasteiger partial charge >= 0.3 is 0 Å². The number of hydrogen-bond acceptors (Lipinski definition) is 5. The first-order chi connectivity index (χ1) is 9.13. The zero-order valence-corrected chi connectivity index (χ0v) is 12.5. The lowest BCUT2D eigenvalue weighted by atomic mass is 10.0. The number of aromatic nitrogens is 2. The maximum absolute atomic E-state index is 12.3. The van der Waals surface area contributed by atoms with Crippen molar-refractivity contribution in [3.05, 3.63) is 10.6 Å². The normalized spacial score (nSPS) is 22.4. The maximum atomic E-state index is 12.3. The van der Waals surface area contributed by atoms with E-state index in [4.69, 9.17) is 18.0 Å². The Morgan fingerprint density at radius 3 is 3.05 bits per heavy atom. The average Bonchev–Trinajstić information content (AvgIpc) is 2.98. The number of aryl methyl sites for hydroxylation is 1. The summed E-state index contributed by atoms with van der Waals surface area (Å²) in [6.07, 6.45) is 4.68. The Balaban J connectivity index is 2.04. The van der Waals surface area contributed by atoms with Crippen molar-refractivity contribution in [1.82, 2.24) is 14.9 Å². The number of carbonyl (C=O) groups is 1. The molecule has 0 spiro atoms. The number of rotatable bonds is 5. The Morgan fingerprint density at radius 2 is 2.37 bits per heavy atom. The summed E-state index contributed by atoms with van der Waals surface area (Å²) in [5.41, 5.74) is 6.51. The van der Waals surface area contributed by atoms with Crippen molar-refractivity contribution in [2.24, 2.45) is 11.7 Å². The Kier molecular flexibility index (Phi) is 4.81. The molecule has 1 saturated carbocycles. The fourth-order valence-electron chi connectivity index (χ4n) is 2.49. The van der Waals surface area contributed by atoms with Gasteiger partial charge in [-0.05, 0) is 30.8 Å². The molecule has 5 nitrogen and oxygen atoms in total. The summed E-state index contributed by atoms with van der Waals surface area (Å²) in [5, 5.41) is 7.05. The van der Waals surface area contributed by atoms with Crippen molar-refractivity contribution in [2.75, 3.05) is 0 Å². The van der Waals surface area contributed by atoms with Gasteiger partial charge in [-0.25, -0.2) is 0 Å². The molecule has 1 aromatic heterocycles. The van der Waals surface area contributed by atoms with Crippen LogP contribution in [0.3, 0.4) is 0 Å². The Hall–Kier alpha value is -1.08. The van der Waals surface area contributed by atoms with Gasteiger partial charge in [-0.1, -0.05) is 36.5 Å². The van der Waals surface area contributed by atoms with Gasteiger partial charge in [0.15, 0.2) is 0 Å². The molecule has 2 rings (SSSR count). The van der Waals surface area contributed by atoms with Crippen LogP contribution < -0.4 is 11.1 Å². The van der Waals surface area contributed by atoms with Gasteiger partial charge < -0.3 is 11.1 Å². The largest absolute Gasteiger partial charge is 0.393 e. The fraction of sp³-hybridized carbons (Fsp3) is 0.667. The number of nitrogens with one attached hydrogen (secondary N) is 1. The summed E-state index contributed by atoms with van der Waals surface area (Å²) < 4.78 is 3.87. The first-order valence-electron chi connectivity index (χ1n) is 6.55. The van der Waals surface area contributed by atoms with Crippen LogP contribution in [-0.2, 0) is 6.42 Å². The van der Waals surface area contributed by atoms with Gasteiger partial charge in [-0.2, -0.15) is 0 Å². The maximum Gasteiger partial charge on any atom is 0.265 e. The second kappa shape index (κ2) is 6.38. The monoisotopic (exact) mass is 298 g/mol. The van der Waals surface area contributed by atoms with Crippen LogP contribution >= 0.6 is 23.8 Å². The first-order valence-corrected chi connectivity index (χ1v) is 7.73. The van der Waals surface area contributed by atoms with Crippen molar-refractivity contribution in [3.8, 4) is 0 Å². The number of thiocarbonyl (C=S) groups is 1. The van der Waals surface area contributed by atoms with Gasteiger partial charge in [0.05, 0.1) is 10.7 Å². The number of hydrogen-bond donors (Lipinski definition) is 2. The zero-order chi connectivity index (χ0) is 13.8. The number of nitrogens with two attached hydrogens (primary N) is 1. The van der Waals surface area contributed by atoms with Crippen molar-refractivity contribution in [3.63, 3.8) is 0 Å². The minimum Gasteiger partial charge on any atom is -0.393 e. The molecule has 19 heavy (non-hydrogen) atoms. The summed E-state index contributed by atoms with van der Waals surface area (Å²) in [6.45, 7) is 2.06. The van der Waals surface area contributed by atoms with Crippen LogP contribution in [0.2, 0.25) is 0 Å². The molecule has 104 valence electrons. The molecule has 2 atom stereocenters. The van der Waals surface area contributed by atoms with Gasteiger partial charge in [0, 0.05) is 12.0 Å². The predicted octanol–water partition coefficient (Wildman–Crippen LogP) is 1.68. The Bertz CT molecular complexity index is 474. The average molecular weight is 298 g/mol. The second-order valence-electron chi connectivity index (χ2n) is 4.82. The lowest BCUT2D eigenvalue weighted by Gasteiger charge is -2.19. The molecule has 1 amide bonds. The summed E-state index contributed by atoms with van der Waals surface area (Å²) in [7, 11) is 0. The standard InChI is InChI=1S/C12H18N4OS2/c1-2-4-9-10(19-16-15-9)12(17)14-8-6-3-5-7(8)11(13)18/h7-8H,2-6H2,1H3,(H2,13,18)(H,14,17). The van der Waals surface area contributed by atoms with Gasteiger partial charge in [-0.3, -0.25) is 4.79 Å². The molecule has 0 aromatic carbocycles. The SMILES string of the molecule is CCCc1nnsc1C(=O)NC1CCCC1C(N)=S. The Labute approximate surface area is 122 Å². The lowest BCUT2D eigenvalue weighted by molar-refractivity contribution is 0.0937. The quantitative estimate of drug-likeness (QED) is 0.808. The van der Waals surface area contributed by atoms with Crippen LogP contribution in [0.5, 0.6) is 0 Å². The summed E-state index contributed by atoms with van der Waals surface area (Å²) >= 11 is 6.21. The van der Waals surface area contributed by atoms with Crippen molar-refractivity contribution >= 4 is 34.6 Å². The third-order valence-corrected chi connectivity index (χ3v) is 4.52. The Morgan fingerprint density at radius 1 is 1.58 bits per heavy atom. The molecular weight excluding hydrogens is 280 g/mol. The summed E-state index contributed by atoms with van der Waals surface area (Å²) in [4.78, 5) is 13.4. The molecular formula is C12H18N4OS2. The van der Waals surface area contributed by atoms with Crippen LogP contribution in [-0.4, -0.2) is 26.5 Å². The lowest BCUT2D eigenvalue weighted by Crippen LogP contribution is -2.41. The molecule has 1 aromatic rings. The van der Waals surface area contributed by atoms with E-state index >= 15 is 0 Å². The van der Waals surface area contributed by atoms with E-state index in [-0.39, 0.29) is 17.9 Å². The molecule has 1 aliphatic rings. The third kappa shape index (κ3) is 3.27. The van der Waals surface area contributed by atoms with E-state index in [1.165, 1.54) is 0 Å². The van der Waals surface area contributed by atoms with E-state index in [9.17, 15) is 4.79 Å². The molecule has 7 heteroatoms. The smallest absolute Gasteiger partial charge is 0.265 e. The molecule has 1 fully saturated rings. The molecule has 0 radical (unpaired) electrons. The van der Waals surface area contributed by atoms with Crippen molar-refractivity contribution in [2.45, 2.75) is 45.1 Å². The van der Waals surface area contributed by atoms with Crippen LogP contribution in [0.15, 0.2) is 0 Å². The van der Waals surface area contributed by atoms with Gasteiger partial charge in [0.1, 0.15) is 4.88 Å². The minimum atomic E-state index is -0.0911. The molecule has 3 N–H and O–H groups in total. The molecule has 0 aliphatic heterocycles. The van der Waals surface area contributed by atoms with E-state index in [2.05, 4.69) is 21.8 Å². The van der Waals surface area contributed by atoms with Crippen LogP contribution in [0, 0.1) is 5.92 Å². The van der Waals surface area contributed by atoms with Crippen molar-refractivity contribution < 1.29 is 4.79 Å². The van der Waals surface area contributed by atoms with E-state index in [1.807, 2.05) is 0 Å². The van der Waals surface area contributed by atoms with Crippen LogP contribution in [0.1, 0.15) is 48.0 Å². The minimum absolute atomic E-state index is 0.0570. The molecule has 0 bridgehead atoms. The van der Waals surface area contributed by atoms with E-state index in [0.29, 0.717) is 9.87 Å². The highest BCUT2D eigenvalue weighted by Gasteiger charge is 2.31. The fourth-order valence-corrected chi connectivity index (χ4v) is 3.38. The van der Waals surface area contributed by atoms with Crippen LogP contribution in [0.4, 0.5) is 0 Å². The van der Waals surface area contributed by atoms with E-state index in [1.54, 1.807) is 0 Å². The predicted molar refractivity (Wildman–Crippen MR) is 79.3 cm³/mol. The van der Waals surface area contributed by atoms with Gasteiger partial charge in [0.2, 0.25) is 0 Å². The molecule has 0 saturated heterocycles. The molecule has 2 unspecified atom stereocenters. The summed E-state index contributed by atoms with van der Waals surface area (Å²) in [5.74, 6) is 0.0288. The highest BCUT2D eigenvalue weighted by Crippen LogP contribution is 2.26.